The monoisotopic (exact) mass is 206 g/mol. The predicted molar refractivity (Wildman–Crippen MR) is 54.1 cm³/mol. The molecule has 0 aromatic carbocycles. The normalized spacial score (nSPS) is 37.2. The van der Waals surface area contributed by atoms with E-state index in [1.54, 1.807) is 6.08 Å². The van der Waals surface area contributed by atoms with Crippen LogP contribution in [0.1, 0.15) is 12.8 Å². The van der Waals surface area contributed by atoms with Crippen LogP contribution in [-0.4, -0.2) is 24.8 Å². The molecule has 1 heterocycles. The van der Waals surface area contributed by atoms with Gasteiger partial charge >= 0.3 is 0 Å². The van der Waals surface area contributed by atoms with Gasteiger partial charge in [0.2, 0.25) is 0 Å². The van der Waals surface area contributed by atoms with E-state index < -0.39 is 5.79 Å². The standard InChI is InChI=1S/C12H14O3/c13-11-6-5-9-3-1-2-4-10(11)12(9)14-7-8-15-12/h1-2,5-6,9-10H,3-4,7-8H2. The zero-order chi connectivity index (χ0) is 10.3. The Morgan fingerprint density at radius 1 is 1.20 bits per heavy atom. The minimum absolute atomic E-state index is 0.139. The lowest BCUT2D eigenvalue weighted by atomic mass is 9.78. The Kier molecular flexibility index (Phi) is 2.04. The maximum absolute atomic E-state index is 11.8. The number of hydrogen-bond donors (Lipinski definition) is 0. The molecule has 80 valence electrons. The lowest BCUT2D eigenvalue weighted by Gasteiger charge is -2.40. The molecule has 1 aliphatic heterocycles. The molecule has 3 aliphatic rings. The lowest BCUT2D eigenvalue weighted by Crippen LogP contribution is -2.50. The Bertz CT molecular complexity index is 337. The Morgan fingerprint density at radius 3 is 2.73 bits per heavy atom. The number of allylic oxidation sites excluding steroid dienone is 3. The molecule has 0 aromatic rings. The molecule has 1 saturated heterocycles. The summed E-state index contributed by atoms with van der Waals surface area (Å²) in [5.41, 5.74) is 0. The fraction of sp³-hybridized carbons (Fsp3) is 0.583. The minimum Gasteiger partial charge on any atom is -0.346 e. The van der Waals surface area contributed by atoms with Gasteiger partial charge in [0.25, 0.3) is 0 Å². The van der Waals surface area contributed by atoms with E-state index in [1.807, 2.05) is 6.08 Å². The van der Waals surface area contributed by atoms with Crippen LogP contribution in [-0.2, 0) is 14.3 Å². The molecule has 15 heavy (non-hydrogen) atoms. The zero-order valence-electron chi connectivity index (χ0n) is 8.52. The highest BCUT2D eigenvalue weighted by Crippen LogP contribution is 2.44. The first kappa shape index (κ1) is 9.31. The number of carbonyl (C=O) groups excluding carboxylic acids is 1. The number of rotatable bonds is 0. The molecule has 1 spiro atoms. The molecular weight excluding hydrogens is 192 g/mol. The summed E-state index contributed by atoms with van der Waals surface area (Å²) in [6.45, 7) is 1.21. The molecule has 0 N–H and O–H groups in total. The van der Waals surface area contributed by atoms with E-state index in [4.69, 9.17) is 9.47 Å². The maximum atomic E-state index is 11.8. The van der Waals surface area contributed by atoms with Crippen LogP contribution >= 0.6 is 0 Å². The van der Waals surface area contributed by atoms with Crippen molar-refractivity contribution < 1.29 is 14.3 Å². The summed E-state index contributed by atoms with van der Waals surface area (Å²) in [6.07, 6.45) is 9.47. The van der Waals surface area contributed by atoms with E-state index in [9.17, 15) is 4.79 Å². The van der Waals surface area contributed by atoms with Crippen molar-refractivity contribution in [3.8, 4) is 0 Å². The topological polar surface area (TPSA) is 35.5 Å². The Hall–Kier alpha value is -0.930. The SMILES string of the molecule is O=C1C=CC2CC=CCC1C21OCCO1. The third kappa shape index (κ3) is 1.23. The van der Waals surface area contributed by atoms with Gasteiger partial charge in [-0.15, -0.1) is 0 Å². The van der Waals surface area contributed by atoms with Crippen molar-refractivity contribution >= 4 is 5.78 Å². The Morgan fingerprint density at radius 2 is 1.93 bits per heavy atom. The van der Waals surface area contributed by atoms with Crippen molar-refractivity contribution in [2.75, 3.05) is 13.2 Å². The van der Waals surface area contributed by atoms with Crippen molar-refractivity contribution in [3.63, 3.8) is 0 Å². The largest absolute Gasteiger partial charge is 0.346 e. The first-order valence-electron chi connectivity index (χ1n) is 5.48. The highest BCUT2D eigenvalue weighted by Gasteiger charge is 2.53. The van der Waals surface area contributed by atoms with Gasteiger partial charge in [-0.2, -0.15) is 0 Å². The van der Waals surface area contributed by atoms with Gasteiger partial charge in [0.1, 0.15) is 0 Å². The van der Waals surface area contributed by atoms with Crippen molar-refractivity contribution in [2.45, 2.75) is 18.6 Å². The van der Waals surface area contributed by atoms with Crippen molar-refractivity contribution in [1.29, 1.82) is 0 Å². The Balaban J connectivity index is 2.06. The summed E-state index contributed by atoms with van der Waals surface area (Å²) < 4.78 is 11.5. The van der Waals surface area contributed by atoms with Crippen LogP contribution in [0.15, 0.2) is 24.3 Å². The van der Waals surface area contributed by atoms with E-state index in [0.717, 1.165) is 12.8 Å². The quantitative estimate of drug-likeness (QED) is 0.563. The van der Waals surface area contributed by atoms with Crippen LogP contribution in [0.2, 0.25) is 0 Å². The van der Waals surface area contributed by atoms with Gasteiger partial charge in [-0.3, -0.25) is 4.79 Å². The molecule has 2 unspecified atom stereocenters. The summed E-state index contributed by atoms with van der Waals surface area (Å²) in [5, 5.41) is 0. The molecule has 0 saturated carbocycles. The number of hydrogen-bond acceptors (Lipinski definition) is 3. The molecule has 2 aliphatic carbocycles. The predicted octanol–water partition coefficient (Wildman–Crippen LogP) is 1.45. The second-order valence-corrected chi connectivity index (χ2v) is 4.28. The second kappa shape index (κ2) is 3.29. The zero-order valence-corrected chi connectivity index (χ0v) is 8.52. The van der Waals surface area contributed by atoms with E-state index in [0.29, 0.717) is 13.2 Å². The van der Waals surface area contributed by atoms with Gasteiger partial charge in [0, 0.05) is 5.92 Å². The fourth-order valence-electron chi connectivity index (χ4n) is 2.78. The van der Waals surface area contributed by atoms with Gasteiger partial charge in [-0.25, -0.2) is 0 Å². The summed E-state index contributed by atoms with van der Waals surface area (Å²) in [4.78, 5) is 11.8. The summed E-state index contributed by atoms with van der Waals surface area (Å²) in [7, 11) is 0. The molecule has 1 fully saturated rings. The molecular formula is C12H14O3. The average Bonchev–Trinajstić information content (AvgIpc) is 2.64. The summed E-state index contributed by atoms with van der Waals surface area (Å²) in [5.74, 6) is -0.468. The van der Waals surface area contributed by atoms with Crippen LogP contribution in [0.5, 0.6) is 0 Å². The minimum atomic E-state index is -0.657. The van der Waals surface area contributed by atoms with Crippen LogP contribution in [0.25, 0.3) is 0 Å². The molecule has 3 rings (SSSR count). The smallest absolute Gasteiger partial charge is 0.185 e. The van der Waals surface area contributed by atoms with Gasteiger partial charge in [0.05, 0.1) is 19.1 Å². The first-order chi connectivity index (χ1) is 7.33. The third-order valence-corrected chi connectivity index (χ3v) is 3.51. The molecule has 2 bridgehead atoms. The molecule has 2 atom stereocenters. The molecule has 0 amide bonds. The maximum Gasteiger partial charge on any atom is 0.185 e. The highest BCUT2D eigenvalue weighted by atomic mass is 16.7. The number of ether oxygens (including phenoxy) is 2. The van der Waals surface area contributed by atoms with Crippen LogP contribution in [0.3, 0.4) is 0 Å². The van der Waals surface area contributed by atoms with E-state index in [1.165, 1.54) is 0 Å². The Labute approximate surface area is 88.7 Å². The van der Waals surface area contributed by atoms with E-state index >= 15 is 0 Å². The molecule has 0 aromatic heterocycles. The van der Waals surface area contributed by atoms with Gasteiger partial charge in [-0.05, 0) is 18.9 Å². The van der Waals surface area contributed by atoms with Crippen molar-refractivity contribution in [1.82, 2.24) is 0 Å². The van der Waals surface area contributed by atoms with Gasteiger partial charge < -0.3 is 9.47 Å². The first-order valence-corrected chi connectivity index (χ1v) is 5.48. The van der Waals surface area contributed by atoms with E-state index in [2.05, 4.69) is 12.2 Å². The van der Waals surface area contributed by atoms with Crippen molar-refractivity contribution in [3.05, 3.63) is 24.3 Å². The van der Waals surface area contributed by atoms with Gasteiger partial charge in [-0.1, -0.05) is 18.2 Å². The van der Waals surface area contributed by atoms with Crippen LogP contribution in [0, 0.1) is 11.8 Å². The summed E-state index contributed by atoms with van der Waals surface area (Å²) >= 11 is 0. The van der Waals surface area contributed by atoms with E-state index in [-0.39, 0.29) is 17.6 Å². The lowest BCUT2D eigenvalue weighted by molar-refractivity contribution is -0.218. The fourth-order valence-corrected chi connectivity index (χ4v) is 2.78. The number of ketones is 1. The highest BCUT2D eigenvalue weighted by molar-refractivity contribution is 5.93. The molecule has 3 nitrogen and oxygen atoms in total. The summed E-state index contributed by atoms with van der Waals surface area (Å²) in [6, 6.07) is 0. The number of carbonyl (C=O) groups is 1. The molecule has 0 radical (unpaired) electrons. The second-order valence-electron chi connectivity index (χ2n) is 4.28. The van der Waals surface area contributed by atoms with Crippen LogP contribution in [0.4, 0.5) is 0 Å². The average molecular weight is 206 g/mol. The molecule has 3 heteroatoms. The third-order valence-electron chi connectivity index (χ3n) is 3.51. The van der Waals surface area contributed by atoms with Crippen LogP contribution < -0.4 is 0 Å². The van der Waals surface area contributed by atoms with Gasteiger partial charge in [0.15, 0.2) is 11.6 Å². The van der Waals surface area contributed by atoms with Crippen molar-refractivity contribution in [2.24, 2.45) is 11.8 Å².